The number of hydrogen-bond acceptors (Lipinski definition) is 2. The van der Waals surface area contributed by atoms with Crippen LogP contribution in [0.5, 0.6) is 0 Å². The van der Waals surface area contributed by atoms with Crippen LogP contribution >= 0.6 is 12.2 Å². The van der Waals surface area contributed by atoms with Gasteiger partial charge in [-0.1, -0.05) is 0 Å². The summed E-state index contributed by atoms with van der Waals surface area (Å²) in [5.41, 5.74) is 0.505. The standard InChI is InChI=1S/C17H30N2OS/c1-11(10-20-3)18-16(21)19-12(2)17-7-13-4-14(8-17)6-15(5-13)9-17/h11-15H,4-10H2,1-3H3,(H2,18,19,21). The van der Waals surface area contributed by atoms with Crippen molar-refractivity contribution in [2.24, 2.45) is 23.2 Å². The molecule has 2 unspecified atom stereocenters. The summed E-state index contributed by atoms with van der Waals surface area (Å²) in [7, 11) is 1.73. The van der Waals surface area contributed by atoms with Crippen LogP contribution in [-0.4, -0.2) is 30.9 Å². The maximum atomic E-state index is 5.50. The zero-order chi connectivity index (χ0) is 15.0. The van der Waals surface area contributed by atoms with E-state index in [1.807, 2.05) is 0 Å². The number of thiocarbonyl (C=S) groups is 1. The highest BCUT2D eigenvalue weighted by Gasteiger charge is 2.53. The van der Waals surface area contributed by atoms with Gasteiger partial charge in [-0.3, -0.25) is 0 Å². The molecule has 0 aromatic heterocycles. The van der Waals surface area contributed by atoms with Gasteiger partial charge >= 0.3 is 0 Å². The Balaban J connectivity index is 1.58. The molecule has 2 atom stereocenters. The van der Waals surface area contributed by atoms with Crippen LogP contribution in [0, 0.1) is 23.2 Å². The van der Waals surface area contributed by atoms with Crippen LogP contribution in [0.2, 0.25) is 0 Å². The van der Waals surface area contributed by atoms with Crippen molar-refractivity contribution < 1.29 is 4.74 Å². The Kier molecular flexibility index (Phi) is 4.47. The van der Waals surface area contributed by atoms with E-state index in [0.717, 1.165) is 22.9 Å². The molecule has 4 aliphatic rings. The lowest BCUT2D eigenvalue weighted by Gasteiger charge is -2.59. The average molecular weight is 311 g/mol. The van der Waals surface area contributed by atoms with Crippen LogP contribution in [0.15, 0.2) is 0 Å². The van der Waals surface area contributed by atoms with E-state index < -0.39 is 0 Å². The smallest absolute Gasteiger partial charge is 0.166 e. The number of rotatable bonds is 5. The summed E-state index contributed by atoms with van der Waals surface area (Å²) in [5.74, 6) is 2.98. The van der Waals surface area contributed by atoms with E-state index >= 15 is 0 Å². The lowest BCUT2D eigenvalue weighted by Crippen LogP contribution is -2.57. The predicted octanol–water partition coefficient (Wildman–Crippen LogP) is 3.09. The van der Waals surface area contributed by atoms with Crippen molar-refractivity contribution in [3.63, 3.8) is 0 Å². The molecule has 120 valence electrons. The zero-order valence-electron chi connectivity index (χ0n) is 13.7. The molecule has 2 N–H and O–H groups in total. The van der Waals surface area contributed by atoms with Crippen molar-refractivity contribution in [2.45, 2.75) is 64.5 Å². The summed E-state index contributed by atoms with van der Waals surface area (Å²) >= 11 is 5.50. The number of nitrogens with one attached hydrogen (secondary N) is 2. The van der Waals surface area contributed by atoms with Gasteiger partial charge in [-0.25, -0.2) is 0 Å². The number of ether oxygens (including phenoxy) is 1. The van der Waals surface area contributed by atoms with E-state index in [1.165, 1.54) is 38.5 Å². The highest BCUT2D eigenvalue weighted by molar-refractivity contribution is 7.80. The van der Waals surface area contributed by atoms with Gasteiger partial charge in [-0.05, 0) is 87.8 Å². The summed E-state index contributed by atoms with van der Waals surface area (Å²) in [6.07, 6.45) is 8.76. The quantitative estimate of drug-likeness (QED) is 0.765. The first-order valence-corrected chi connectivity index (χ1v) is 8.97. The van der Waals surface area contributed by atoms with Gasteiger partial charge in [0.25, 0.3) is 0 Å². The third kappa shape index (κ3) is 3.21. The summed E-state index contributed by atoms with van der Waals surface area (Å²) in [6, 6.07) is 0.749. The first-order chi connectivity index (χ1) is 10.0. The summed E-state index contributed by atoms with van der Waals surface area (Å²) in [5, 5.41) is 7.72. The Hall–Kier alpha value is -0.350. The summed E-state index contributed by atoms with van der Waals surface area (Å²) in [4.78, 5) is 0. The monoisotopic (exact) mass is 310 g/mol. The maximum absolute atomic E-state index is 5.50. The first kappa shape index (κ1) is 15.5. The lowest BCUT2D eigenvalue weighted by atomic mass is 9.48. The molecule has 4 heteroatoms. The average Bonchev–Trinajstić information content (AvgIpc) is 2.36. The SMILES string of the molecule is COCC(C)NC(=S)NC(C)C12CC3CC(CC(C3)C1)C2. The Morgan fingerprint density at radius 2 is 1.62 bits per heavy atom. The molecule has 0 aliphatic heterocycles. The molecule has 0 heterocycles. The van der Waals surface area contributed by atoms with Gasteiger partial charge in [0.05, 0.1) is 6.61 Å². The van der Waals surface area contributed by atoms with Gasteiger partial charge in [0.15, 0.2) is 5.11 Å². The van der Waals surface area contributed by atoms with Gasteiger partial charge in [-0.15, -0.1) is 0 Å². The largest absolute Gasteiger partial charge is 0.383 e. The topological polar surface area (TPSA) is 33.3 Å². The van der Waals surface area contributed by atoms with Gasteiger partial charge in [0, 0.05) is 19.2 Å². The van der Waals surface area contributed by atoms with E-state index in [1.54, 1.807) is 7.11 Å². The molecule has 4 aliphatic carbocycles. The number of methoxy groups -OCH3 is 1. The second kappa shape index (κ2) is 6.04. The van der Waals surface area contributed by atoms with Gasteiger partial charge in [-0.2, -0.15) is 0 Å². The van der Waals surface area contributed by atoms with E-state index in [2.05, 4.69) is 24.5 Å². The van der Waals surface area contributed by atoms with Crippen LogP contribution in [0.1, 0.15) is 52.4 Å². The maximum Gasteiger partial charge on any atom is 0.166 e. The van der Waals surface area contributed by atoms with Crippen molar-refractivity contribution in [3.05, 3.63) is 0 Å². The van der Waals surface area contributed by atoms with E-state index in [4.69, 9.17) is 17.0 Å². The Bertz CT molecular complexity index is 363. The van der Waals surface area contributed by atoms with Gasteiger partial charge < -0.3 is 15.4 Å². The predicted molar refractivity (Wildman–Crippen MR) is 90.3 cm³/mol. The molecule has 4 saturated carbocycles. The summed E-state index contributed by atoms with van der Waals surface area (Å²) in [6.45, 7) is 5.14. The van der Waals surface area contributed by atoms with E-state index in [9.17, 15) is 0 Å². The molecule has 4 bridgehead atoms. The fourth-order valence-corrected chi connectivity index (χ4v) is 5.99. The van der Waals surface area contributed by atoms with Crippen LogP contribution < -0.4 is 10.6 Å². The summed E-state index contributed by atoms with van der Waals surface area (Å²) < 4.78 is 5.16. The van der Waals surface area contributed by atoms with E-state index in [-0.39, 0.29) is 6.04 Å². The molecule has 4 fully saturated rings. The van der Waals surface area contributed by atoms with Crippen molar-refractivity contribution in [2.75, 3.05) is 13.7 Å². The molecule has 0 aromatic rings. The first-order valence-electron chi connectivity index (χ1n) is 8.56. The fourth-order valence-electron chi connectivity index (χ4n) is 5.61. The van der Waals surface area contributed by atoms with Gasteiger partial charge in [0.1, 0.15) is 0 Å². The van der Waals surface area contributed by atoms with Gasteiger partial charge in [0.2, 0.25) is 0 Å². The Labute approximate surface area is 134 Å². The van der Waals surface area contributed by atoms with E-state index in [0.29, 0.717) is 18.1 Å². The van der Waals surface area contributed by atoms with Crippen LogP contribution in [0.25, 0.3) is 0 Å². The third-order valence-corrected chi connectivity index (χ3v) is 6.38. The van der Waals surface area contributed by atoms with Crippen molar-refractivity contribution in [3.8, 4) is 0 Å². The minimum Gasteiger partial charge on any atom is -0.383 e. The van der Waals surface area contributed by atoms with Crippen LogP contribution in [-0.2, 0) is 4.74 Å². The Morgan fingerprint density at radius 3 is 2.10 bits per heavy atom. The highest BCUT2D eigenvalue weighted by Crippen LogP contribution is 2.61. The fraction of sp³-hybridized carbons (Fsp3) is 0.941. The van der Waals surface area contributed by atoms with Crippen LogP contribution in [0.4, 0.5) is 0 Å². The molecule has 3 nitrogen and oxygen atoms in total. The minimum atomic E-state index is 0.263. The molecule has 21 heavy (non-hydrogen) atoms. The molecule has 0 radical (unpaired) electrons. The normalized spacial score (nSPS) is 39.9. The van der Waals surface area contributed by atoms with Crippen molar-refractivity contribution in [1.82, 2.24) is 10.6 Å². The molecule has 0 aromatic carbocycles. The highest BCUT2D eigenvalue weighted by atomic mass is 32.1. The number of hydrogen-bond donors (Lipinski definition) is 2. The molecular formula is C17H30N2OS. The second-order valence-electron chi connectivity index (χ2n) is 7.98. The second-order valence-corrected chi connectivity index (χ2v) is 8.38. The zero-order valence-corrected chi connectivity index (χ0v) is 14.5. The molecule has 0 spiro atoms. The van der Waals surface area contributed by atoms with Crippen molar-refractivity contribution in [1.29, 1.82) is 0 Å². The third-order valence-electron chi connectivity index (χ3n) is 6.15. The van der Waals surface area contributed by atoms with Crippen LogP contribution in [0.3, 0.4) is 0 Å². The molecule has 4 rings (SSSR count). The minimum absolute atomic E-state index is 0.263. The molecule has 0 amide bonds. The molecule has 0 saturated heterocycles. The van der Waals surface area contributed by atoms with Crippen molar-refractivity contribution >= 4 is 17.3 Å². The Morgan fingerprint density at radius 1 is 1.10 bits per heavy atom. The molecular weight excluding hydrogens is 280 g/mol. The lowest BCUT2D eigenvalue weighted by molar-refractivity contribution is -0.0672.